The van der Waals surface area contributed by atoms with Crippen molar-refractivity contribution >= 4 is 56.4 Å². The largest absolute Gasteiger partial charge is 0.493 e. The van der Waals surface area contributed by atoms with Gasteiger partial charge in [0.15, 0.2) is 5.11 Å². The Morgan fingerprint density at radius 1 is 0.944 bits per heavy atom. The molecule has 4 rings (SSSR count). The average Bonchev–Trinajstić information content (AvgIpc) is 2.90. The topological polar surface area (TPSA) is 73.9 Å². The SMILES string of the molecule is CCOc1ccc(C(=O)NC(=S)Nc2ccccc2N2CCN(C(=O)c3ccccc3)CC2)cc1Br. The Morgan fingerprint density at radius 3 is 2.33 bits per heavy atom. The number of carbonyl (C=O) groups excluding carboxylic acids is 2. The summed E-state index contributed by atoms with van der Waals surface area (Å²) in [5, 5.41) is 6.10. The van der Waals surface area contributed by atoms with E-state index in [0.717, 1.165) is 11.4 Å². The van der Waals surface area contributed by atoms with Gasteiger partial charge in [-0.15, -0.1) is 0 Å². The van der Waals surface area contributed by atoms with E-state index in [9.17, 15) is 9.59 Å². The van der Waals surface area contributed by atoms with Crippen LogP contribution in [0.1, 0.15) is 27.6 Å². The molecule has 0 atom stereocenters. The van der Waals surface area contributed by atoms with Crippen molar-refractivity contribution < 1.29 is 14.3 Å². The summed E-state index contributed by atoms with van der Waals surface area (Å²) in [5.41, 5.74) is 2.92. The molecule has 1 heterocycles. The van der Waals surface area contributed by atoms with Crippen LogP contribution in [0, 0.1) is 0 Å². The van der Waals surface area contributed by atoms with E-state index in [2.05, 4.69) is 31.5 Å². The van der Waals surface area contributed by atoms with Gasteiger partial charge in [0.25, 0.3) is 11.8 Å². The van der Waals surface area contributed by atoms with Crippen LogP contribution in [0.2, 0.25) is 0 Å². The summed E-state index contributed by atoms with van der Waals surface area (Å²) in [7, 11) is 0. The molecule has 3 aromatic carbocycles. The maximum atomic E-state index is 12.8. The first kappa shape index (κ1) is 25.7. The number of benzene rings is 3. The van der Waals surface area contributed by atoms with E-state index in [-0.39, 0.29) is 16.9 Å². The normalized spacial score (nSPS) is 13.2. The quantitative estimate of drug-likeness (QED) is 0.412. The Balaban J connectivity index is 1.37. The first-order chi connectivity index (χ1) is 17.5. The lowest BCUT2D eigenvalue weighted by Gasteiger charge is -2.37. The van der Waals surface area contributed by atoms with Crippen LogP contribution in [0.25, 0.3) is 0 Å². The summed E-state index contributed by atoms with van der Waals surface area (Å²) in [4.78, 5) is 29.6. The third-order valence-corrected chi connectivity index (χ3v) is 6.63. The van der Waals surface area contributed by atoms with E-state index in [1.807, 2.05) is 66.4 Å². The molecule has 0 bridgehead atoms. The van der Waals surface area contributed by atoms with Crippen molar-refractivity contribution in [1.29, 1.82) is 0 Å². The van der Waals surface area contributed by atoms with Gasteiger partial charge in [0.05, 0.1) is 22.5 Å². The molecule has 186 valence electrons. The minimum atomic E-state index is -0.318. The molecule has 0 saturated carbocycles. The molecule has 2 N–H and O–H groups in total. The van der Waals surface area contributed by atoms with E-state index >= 15 is 0 Å². The molecule has 1 aliphatic heterocycles. The number of nitrogens with zero attached hydrogens (tertiary/aromatic N) is 2. The van der Waals surface area contributed by atoms with Gasteiger partial charge >= 0.3 is 0 Å². The molecule has 0 aliphatic carbocycles. The highest BCUT2D eigenvalue weighted by Crippen LogP contribution is 2.28. The molecule has 0 aromatic heterocycles. The fourth-order valence-corrected chi connectivity index (χ4v) is 4.71. The number of thiocarbonyl (C=S) groups is 1. The lowest BCUT2D eigenvalue weighted by atomic mass is 10.1. The van der Waals surface area contributed by atoms with Crippen LogP contribution in [0.5, 0.6) is 5.75 Å². The molecule has 2 amide bonds. The van der Waals surface area contributed by atoms with Crippen LogP contribution >= 0.6 is 28.1 Å². The zero-order chi connectivity index (χ0) is 25.5. The molecule has 0 unspecified atom stereocenters. The zero-order valence-electron chi connectivity index (χ0n) is 19.9. The van der Waals surface area contributed by atoms with E-state index < -0.39 is 0 Å². The predicted molar refractivity (Wildman–Crippen MR) is 150 cm³/mol. The molecule has 0 spiro atoms. The van der Waals surface area contributed by atoms with E-state index in [4.69, 9.17) is 17.0 Å². The van der Waals surface area contributed by atoms with Gasteiger partial charge in [-0.25, -0.2) is 0 Å². The van der Waals surface area contributed by atoms with Gasteiger partial charge in [0, 0.05) is 37.3 Å². The number of halogens is 1. The maximum Gasteiger partial charge on any atom is 0.257 e. The summed E-state index contributed by atoms with van der Waals surface area (Å²) in [6.45, 7) is 5.06. The second kappa shape index (κ2) is 12.0. The second-order valence-corrected chi connectivity index (χ2v) is 9.41. The monoisotopic (exact) mass is 566 g/mol. The number of anilines is 2. The minimum Gasteiger partial charge on any atom is -0.493 e. The highest BCUT2D eigenvalue weighted by Gasteiger charge is 2.23. The van der Waals surface area contributed by atoms with Crippen LogP contribution in [-0.4, -0.2) is 54.6 Å². The number of rotatable bonds is 6. The number of nitrogens with one attached hydrogen (secondary N) is 2. The van der Waals surface area contributed by atoms with E-state index in [0.29, 0.717) is 54.1 Å². The van der Waals surface area contributed by atoms with Crippen molar-refractivity contribution in [3.8, 4) is 5.75 Å². The first-order valence-electron chi connectivity index (χ1n) is 11.7. The van der Waals surface area contributed by atoms with Gasteiger partial charge in [-0.05, 0) is 77.5 Å². The van der Waals surface area contributed by atoms with Gasteiger partial charge in [-0.2, -0.15) is 0 Å². The average molecular weight is 568 g/mol. The zero-order valence-corrected chi connectivity index (χ0v) is 22.3. The number of hydrogen-bond acceptors (Lipinski definition) is 5. The fraction of sp³-hybridized carbons (Fsp3) is 0.222. The molecule has 0 radical (unpaired) electrons. The van der Waals surface area contributed by atoms with Crippen LogP contribution < -0.4 is 20.3 Å². The molecule has 3 aromatic rings. The van der Waals surface area contributed by atoms with Gasteiger partial charge in [-0.3, -0.25) is 14.9 Å². The fourth-order valence-electron chi connectivity index (χ4n) is 4.01. The van der Waals surface area contributed by atoms with Crippen molar-refractivity contribution in [2.75, 3.05) is 43.0 Å². The van der Waals surface area contributed by atoms with Crippen LogP contribution in [0.15, 0.2) is 77.3 Å². The highest BCUT2D eigenvalue weighted by molar-refractivity contribution is 9.10. The second-order valence-electron chi connectivity index (χ2n) is 8.15. The Hall–Kier alpha value is -3.43. The molecule has 9 heteroatoms. The molecule has 1 fully saturated rings. The summed E-state index contributed by atoms with van der Waals surface area (Å²) in [5.74, 6) is 0.405. The van der Waals surface area contributed by atoms with Crippen LogP contribution in [-0.2, 0) is 0 Å². The molecule has 36 heavy (non-hydrogen) atoms. The van der Waals surface area contributed by atoms with Crippen molar-refractivity contribution in [1.82, 2.24) is 10.2 Å². The summed E-state index contributed by atoms with van der Waals surface area (Å²) in [6.07, 6.45) is 0. The predicted octanol–water partition coefficient (Wildman–Crippen LogP) is 4.94. The van der Waals surface area contributed by atoms with E-state index in [1.165, 1.54) is 0 Å². The lowest BCUT2D eigenvalue weighted by Crippen LogP contribution is -2.49. The van der Waals surface area contributed by atoms with Gasteiger partial charge < -0.3 is 19.9 Å². The van der Waals surface area contributed by atoms with E-state index in [1.54, 1.807) is 18.2 Å². The highest BCUT2D eigenvalue weighted by atomic mass is 79.9. The molecule has 7 nitrogen and oxygen atoms in total. The van der Waals surface area contributed by atoms with Crippen molar-refractivity contribution in [3.63, 3.8) is 0 Å². The van der Waals surface area contributed by atoms with Crippen molar-refractivity contribution in [3.05, 3.63) is 88.4 Å². The Morgan fingerprint density at radius 2 is 1.64 bits per heavy atom. The summed E-state index contributed by atoms with van der Waals surface area (Å²) in [6, 6.07) is 22.3. The van der Waals surface area contributed by atoms with Crippen molar-refractivity contribution in [2.24, 2.45) is 0 Å². The van der Waals surface area contributed by atoms with Gasteiger partial charge in [0.1, 0.15) is 5.75 Å². The number of hydrogen-bond donors (Lipinski definition) is 2. The number of ether oxygens (including phenoxy) is 1. The Labute approximate surface area is 224 Å². The summed E-state index contributed by atoms with van der Waals surface area (Å²) >= 11 is 8.86. The van der Waals surface area contributed by atoms with Crippen LogP contribution in [0.3, 0.4) is 0 Å². The minimum absolute atomic E-state index is 0.0477. The maximum absolute atomic E-state index is 12.8. The number of carbonyl (C=O) groups is 2. The Kier molecular flexibility index (Phi) is 8.56. The molecular weight excluding hydrogens is 540 g/mol. The smallest absolute Gasteiger partial charge is 0.257 e. The third-order valence-electron chi connectivity index (χ3n) is 5.80. The van der Waals surface area contributed by atoms with Gasteiger partial charge in [0.2, 0.25) is 0 Å². The standard InChI is InChI=1S/C27H27BrN4O3S/c1-2-35-24-13-12-20(18-21(24)28)25(33)30-27(36)29-22-10-6-7-11-23(22)31-14-16-32(17-15-31)26(34)19-8-4-3-5-9-19/h3-13,18H,2,14-17H2,1H3,(H2,29,30,33,36). The Bertz CT molecular complexity index is 1250. The van der Waals surface area contributed by atoms with Gasteiger partial charge in [-0.1, -0.05) is 30.3 Å². The lowest BCUT2D eigenvalue weighted by molar-refractivity contribution is 0.0746. The number of amides is 2. The molecular formula is C27H27BrN4O3S. The number of piperazine rings is 1. The van der Waals surface area contributed by atoms with Crippen LogP contribution in [0.4, 0.5) is 11.4 Å². The number of para-hydroxylation sites is 2. The van der Waals surface area contributed by atoms with Crippen molar-refractivity contribution in [2.45, 2.75) is 6.92 Å². The first-order valence-corrected chi connectivity index (χ1v) is 12.9. The molecule has 1 saturated heterocycles. The third kappa shape index (κ3) is 6.22. The molecule has 1 aliphatic rings. The summed E-state index contributed by atoms with van der Waals surface area (Å²) < 4.78 is 6.20.